The summed E-state index contributed by atoms with van der Waals surface area (Å²) in [6.07, 6.45) is 0.573. The summed E-state index contributed by atoms with van der Waals surface area (Å²) in [5.74, 6) is 0.477. The highest BCUT2D eigenvalue weighted by atomic mass is 16.2. The van der Waals surface area contributed by atoms with Crippen molar-refractivity contribution in [1.29, 1.82) is 0 Å². The highest BCUT2D eigenvalue weighted by Gasteiger charge is 2.29. The van der Waals surface area contributed by atoms with E-state index in [1.54, 1.807) is 0 Å². The highest BCUT2D eigenvalue weighted by Crippen LogP contribution is 2.27. The van der Waals surface area contributed by atoms with Gasteiger partial charge in [0.05, 0.1) is 0 Å². The minimum Gasteiger partial charge on any atom is -0.330 e. The normalized spacial score (nSPS) is 19.7. The minimum absolute atomic E-state index is 0.181. The minimum atomic E-state index is 0.181. The lowest BCUT2D eigenvalue weighted by Crippen LogP contribution is -2.25. The Bertz CT molecular complexity index is 594. The van der Waals surface area contributed by atoms with Crippen LogP contribution in [-0.4, -0.2) is 19.0 Å². The molecule has 0 saturated carbocycles. The summed E-state index contributed by atoms with van der Waals surface area (Å²) in [6.45, 7) is 1.32. The maximum atomic E-state index is 12.0. The molecule has 2 aromatic rings. The number of benzene rings is 2. The number of nitrogens with two attached hydrogens (primary N) is 1. The summed E-state index contributed by atoms with van der Waals surface area (Å²) < 4.78 is 0. The van der Waals surface area contributed by atoms with Gasteiger partial charge in [-0.2, -0.15) is 0 Å². The highest BCUT2D eigenvalue weighted by molar-refractivity contribution is 5.98. The predicted octanol–water partition coefficient (Wildman–Crippen LogP) is 2.15. The fraction of sp³-hybridized carbons (Fsp3) is 0.267. The molecule has 1 heterocycles. The monoisotopic (exact) mass is 240 g/mol. The fourth-order valence-corrected chi connectivity index (χ4v) is 2.53. The second-order valence-corrected chi connectivity index (χ2v) is 4.84. The van der Waals surface area contributed by atoms with E-state index in [1.165, 1.54) is 10.8 Å². The first-order chi connectivity index (χ1) is 8.78. The largest absolute Gasteiger partial charge is 0.330 e. The number of hydrogen-bond donors (Lipinski definition) is 1. The zero-order chi connectivity index (χ0) is 12.5. The lowest BCUT2D eigenvalue weighted by atomic mass is 10.1. The quantitative estimate of drug-likeness (QED) is 0.874. The first-order valence-electron chi connectivity index (χ1n) is 6.27. The number of rotatable bonds is 2. The van der Waals surface area contributed by atoms with E-state index in [-0.39, 0.29) is 5.91 Å². The van der Waals surface area contributed by atoms with Crippen LogP contribution in [0.4, 0.5) is 5.69 Å². The number of anilines is 1. The van der Waals surface area contributed by atoms with Gasteiger partial charge in [0.15, 0.2) is 0 Å². The molecular formula is C15H16N2O. The molecule has 0 aromatic heterocycles. The zero-order valence-corrected chi connectivity index (χ0v) is 10.2. The van der Waals surface area contributed by atoms with E-state index in [0.717, 1.165) is 12.2 Å². The predicted molar refractivity (Wildman–Crippen MR) is 73.5 cm³/mol. The summed E-state index contributed by atoms with van der Waals surface area (Å²) in [4.78, 5) is 13.8. The average Bonchev–Trinajstić information content (AvgIpc) is 2.79. The smallest absolute Gasteiger partial charge is 0.227 e. The van der Waals surface area contributed by atoms with Crippen molar-refractivity contribution in [1.82, 2.24) is 0 Å². The van der Waals surface area contributed by atoms with E-state index < -0.39 is 0 Å². The molecule has 1 fully saturated rings. The summed E-state index contributed by atoms with van der Waals surface area (Å²) in [7, 11) is 0. The van der Waals surface area contributed by atoms with Crippen LogP contribution in [0.1, 0.15) is 6.42 Å². The summed E-state index contributed by atoms with van der Waals surface area (Å²) >= 11 is 0. The van der Waals surface area contributed by atoms with Gasteiger partial charge in [-0.25, -0.2) is 0 Å². The van der Waals surface area contributed by atoms with Crippen LogP contribution in [0, 0.1) is 5.92 Å². The molecule has 0 spiro atoms. The molecule has 2 aromatic carbocycles. The molecule has 1 aliphatic rings. The van der Waals surface area contributed by atoms with E-state index >= 15 is 0 Å². The van der Waals surface area contributed by atoms with Gasteiger partial charge < -0.3 is 10.6 Å². The topological polar surface area (TPSA) is 46.3 Å². The van der Waals surface area contributed by atoms with Gasteiger partial charge >= 0.3 is 0 Å². The van der Waals surface area contributed by atoms with Crippen molar-refractivity contribution in [2.75, 3.05) is 18.0 Å². The third-order valence-corrected chi connectivity index (χ3v) is 3.58. The van der Waals surface area contributed by atoms with Crippen molar-refractivity contribution in [3.63, 3.8) is 0 Å². The Morgan fingerprint density at radius 1 is 1.17 bits per heavy atom. The van der Waals surface area contributed by atoms with Gasteiger partial charge in [0, 0.05) is 18.7 Å². The first-order valence-corrected chi connectivity index (χ1v) is 6.27. The number of nitrogens with zero attached hydrogens (tertiary/aromatic N) is 1. The summed E-state index contributed by atoms with van der Waals surface area (Å²) in [6, 6.07) is 14.3. The number of amides is 1. The summed E-state index contributed by atoms with van der Waals surface area (Å²) in [5.41, 5.74) is 6.63. The first kappa shape index (κ1) is 11.2. The van der Waals surface area contributed by atoms with Crippen LogP contribution in [0.2, 0.25) is 0 Å². The third kappa shape index (κ3) is 1.87. The Labute approximate surface area is 106 Å². The molecular weight excluding hydrogens is 224 g/mol. The Balaban J connectivity index is 1.97. The summed E-state index contributed by atoms with van der Waals surface area (Å²) in [5, 5.41) is 2.36. The van der Waals surface area contributed by atoms with Gasteiger partial charge in [-0.3, -0.25) is 4.79 Å². The van der Waals surface area contributed by atoms with E-state index in [4.69, 9.17) is 5.73 Å². The van der Waals surface area contributed by atoms with Crippen LogP contribution >= 0.6 is 0 Å². The van der Waals surface area contributed by atoms with Gasteiger partial charge in [0.2, 0.25) is 5.91 Å². The molecule has 0 bridgehead atoms. The molecule has 0 radical (unpaired) electrons. The molecule has 1 aliphatic heterocycles. The molecule has 1 saturated heterocycles. The van der Waals surface area contributed by atoms with Gasteiger partial charge in [-0.05, 0) is 35.4 Å². The number of carbonyl (C=O) groups is 1. The molecule has 1 atom stereocenters. The van der Waals surface area contributed by atoms with Crippen molar-refractivity contribution in [2.45, 2.75) is 6.42 Å². The third-order valence-electron chi connectivity index (χ3n) is 3.58. The number of carbonyl (C=O) groups excluding carboxylic acids is 1. The van der Waals surface area contributed by atoms with Crippen LogP contribution in [0.3, 0.4) is 0 Å². The molecule has 1 amide bonds. The van der Waals surface area contributed by atoms with Crippen LogP contribution < -0.4 is 10.6 Å². The van der Waals surface area contributed by atoms with Crippen molar-refractivity contribution in [2.24, 2.45) is 11.7 Å². The number of fused-ring (bicyclic) bond motifs is 1. The standard InChI is InChI=1S/C15H16N2O/c16-9-11-7-15(18)17(10-11)14-6-5-12-3-1-2-4-13(12)8-14/h1-6,8,11H,7,9-10,16H2. The van der Waals surface area contributed by atoms with Gasteiger partial charge in [-0.1, -0.05) is 30.3 Å². The van der Waals surface area contributed by atoms with Crippen LogP contribution in [-0.2, 0) is 4.79 Å². The zero-order valence-electron chi connectivity index (χ0n) is 10.2. The average molecular weight is 240 g/mol. The SMILES string of the molecule is NCC1CC(=O)N(c2ccc3ccccc3c2)C1. The maximum absolute atomic E-state index is 12.0. The molecule has 1 unspecified atom stereocenters. The lowest BCUT2D eigenvalue weighted by molar-refractivity contribution is -0.117. The molecule has 2 N–H and O–H groups in total. The van der Waals surface area contributed by atoms with E-state index in [0.29, 0.717) is 18.9 Å². The van der Waals surface area contributed by atoms with E-state index in [2.05, 4.69) is 24.3 Å². The Kier molecular flexibility index (Phi) is 2.76. The Morgan fingerprint density at radius 3 is 2.67 bits per heavy atom. The van der Waals surface area contributed by atoms with Crippen molar-refractivity contribution in [3.8, 4) is 0 Å². The second kappa shape index (κ2) is 4.42. The van der Waals surface area contributed by atoms with E-state index in [1.807, 2.05) is 23.1 Å². The molecule has 3 heteroatoms. The second-order valence-electron chi connectivity index (χ2n) is 4.84. The van der Waals surface area contributed by atoms with Gasteiger partial charge in [-0.15, -0.1) is 0 Å². The van der Waals surface area contributed by atoms with Crippen LogP contribution in [0.15, 0.2) is 42.5 Å². The molecule has 92 valence electrons. The molecule has 3 nitrogen and oxygen atoms in total. The molecule has 3 rings (SSSR count). The van der Waals surface area contributed by atoms with Crippen LogP contribution in [0.25, 0.3) is 10.8 Å². The number of hydrogen-bond acceptors (Lipinski definition) is 2. The lowest BCUT2D eigenvalue weighted by Gasteiger charge is -2.17. The molecule has 18 heavy (non-hydrogen) atoms. The molecule has 0 aliphatic carbocycles. The van der Waals surface area contributed by atoms with Gasteiger partial charge in [0.25, 0.3) is 0 Å². The Morgan fingerprint density at radius 2 is 1.94 bits per heavy atom. The van der Waals surface area contributed by atoms with Crippen molar-refractivity contribution >= 4 is 22.4 Å². The van der Waals surface area contributed by atoms with Crippen molar-refractivity contribution in [3.05, 3.63) is 42.5 Å². The fourth-order valence-electron chi connectivity index (χ4n) is 2.53. The van der Waals surface area contributed by atoms with Gasteiger partial charge in [0.1, 0.15) is 0 Å². The van der Waals surface area contributed by atoms with E-state index in [9.17, 15) is 4.79 Å². The van der Waals surface area contributed by atoms with Crippen LogP contribution in [0.5, 0.6) is 0 Å². The Hall–Kier alpha value is -1.87. The maximum Gasteiger partial charge on any atom is 0.227 e. The van der Waals surface area contributed by atoms with Crippen molar-refractivity contribution < 1.29 is 4.79 Å².